The number of hydrogen-bond acceptors (Lipinski definition) is 6. The van der Waals surface area contributed by atoms with Crippen LogP contribution in [0.2, 0.25) is 5.02 Å². The van der Waals surface area contributed by atoms with Gasteiger partial charge in [0.1, 0.15) is 0 Å². The number of anilines is 1. The second kappa shape index (κ2) is 9.38. The third-order valence-electron chi connectivity index (χ3n) is 5.67. The minimum absolute atomic E-state index is 0.0161. The van der Waals surface area contributed by atoms with Crippen LogP contribution < -0.4 is 10.2 Å². The molecule has 2 amide bonds. The second-order valence-corrected chi connectivity index (χ2v) is 8.11. The zero-order valence-electron chi connectivity index (χ0n) is 16.8. The molecule has 0 aliphatic carbocycles. The van der Waals surface area contributed by atoms with Gasteiger partial charge in [-0.15, -0.1) is 0 Å². The van der Waals surface area contributed by atoms with Crippen molar-refractivity contribution in [3.05, 3.63) is 47.0 Å². The quantitative estimate of drug-likeness (QED) is 0.785. The summed E-state index contributed by atoms with van der Waals surface area (Å²) in [6, 6.07) is 3.77. The number of pyridine rings is 1. The SMILES string of the molecule is O=C(NCc1cccnc1)C1CCN(C(=O)c2nc(N3CCCC3)ncc2Cl)CC1. The first-order valence-corrected chi connectivity index (χ1v) is 10.7. The monoisotopic (exact) mass is 428 g/mol. The molecule has 4 heterocycles. The summed E-state index contributed by atoms with van der Waals surface area (Å²) < 4.78 is 0. The summed E-state index contributed by atoms with van der Waals surface area (Å²) in [5.74, 6) is 0.274. The van der Waals surface area contributed by atoms with Crippen LogP contribution in [0.3, 0.4) is 0 Å². The third kappa shape index (κ3) is 4.70. The molecule has 2 aromatic heterocycles. The van der Waals surface area contributed by atoms with Crippen molar-refractivity contribution in [1.29, 1.82) is 0 Å². The Bertz CT molecular complexity index is 896. The molecule has 4 rings (SSSR count). The third-order valence-corrected chi connectivity index (χ3v) is 5.94. The molecule has 0 bridgehead atoms. The molecule has 0 aromatic carbocycles. The Kier molecular flexibility index (Phi) is 6.42. The molecule has 30 heavy (non-hydrogen) atoms. The topological polar surface area (TPSA) is 91.3 Å². The molecule has 0 saturated carbocycles. The predicted molar refractivity (Wildman–Crippen MR) is 113 cm³/mol. The van der Waals surface area contributed by atoms with Gasteiger partial charge in [0.15, 0.2) is 5.69 Å². The second-order valence-electron chi connectivity index (χ2n) is 7.71. The van der Waals surface area contributed by atoms with Crippen LogP contribution >= 0.6 is 11.6 Å². The predicted octanol–water partition coefficient (Wildman–Crippen LogP) is 2.29. The lowest BCUT2D eigenvalue weighted by molar-refractivity contribution is -0.126. The number of aromatic nitrogens is 3. The first kappa shape index (κ1) is 20.5. The van der Waals surface area contributed by atoms with E-state index in [4.69, 9.17) is 11.6 Å². The first-order chi connectivity index (χ1) is 14.6. The van der Waals surface area contributed by atoms with Crippen LogP contribution in [0, 0.1) is 5.92 Å². The number of nitrogens with zero attached hydrogens (tertiary/aromatic N) is 5. The van der Waals surface area contributed by atoms with Gasteiger partial charge < -0.3 is 15.1 Å². The molecular formula is C21H25ClN6O2. The number of piperidine rings is 1. The van der Waals surface area contributed by atoms with E-state index < -0.39 is 0 Å². The van der Waals surface area contributed by atoms with Crippen molar-refractivity contribution >= 4 is 29.4 Å². The average Bonchev–Trinajstić information content (AvgIpc) is 3.33. The lowest BCUT2D eigenvalue weighted by atomic mass is 9.95. The van der Waals surface area contributed by atoms with Gasteiger partial charge in [-0.2, -0.15) is 0 Å². The van der Waals surface area contributed by atoms with Crippen LogP contribution in [-0.2, 0) is 11.3 Å². The molecule has 2 aliphatic heterocycles. The van der Waals surface area contributed by atoms with E-state index in [1.54, 1.807) is 17.3 Å². The zero-order chi connectivity index (χ0) is 20.9. The molecule has 1 N–H and O–H groups in total. The zero-order valence-corrected chi connectivity index (χ0v) is 17.5. The Morgan fingerprint density at radius 1 is 1.13 bits per heavy atom. The van der Waals surface area contributed by atoms with Gasteiger partial charge in [-0.05, 0) is 37.3 Å². The van der Waals surface area contributed by atoms with Crippen molar-refractivity contribution in [2.24, 2.45) is 5.92 Å². The Labute approximate surface area is 180 Å². The Morgan fingerprint density at radius 3 is 2.60 bits per heavy atom. The fourth-order valence-electron chi connectivity index (χ4n) is 3.91. The molecule has 0 unspecified atom stereocenters. The van der Waals surface area contributed by atoms with Crippen LogP contribution in [0.5, 0.6) is 0 Å². The van der Waals surface area contributed by atoms with E-state index in [1.807, 2.05) is 12.1 Å². The molecule has 0 radical (unpaired) electrons. The Hall–Kier alpha value is -2.74. The van der Waals surface area contributed by atoms with E-state index in [1.165, 1.54) is 6.20 Å². The molecule has 2 fully saturated rings. The maximum atomic E-state index is 13.0. The Balaban J connectivity index is 1.33. The van der Waals surface area contributed by atoms with Gasteiger partial charge in [0.2, 0.25) is 11.9 Å². The highest BCUT2D eigenvalue weighted by molar-refractivity contribution is 6.33. The maximum absolute atomic E-state index is 13.0. The highest BCUT2D eigenvalue weighted by atomic mass is 35.5. The van der Waals surface area contributed by atoms with Gasteiger partial charge in [-0.1, -0.05) is 17.7 Å². The fraction of sp³-hybridized carbons (Fsp3) is 0.476. The number of likely N-dealkylation sites (tertiary alicyclic amines) is 1. The van der Waals surface area contributed by atoms with Crippen molar-refractivity contribution < 1.29 is 9.59 Å². The number of amides is 2. The van der Waals surface area contributed by atoms with Gasteiger partial charge in [-0.3, -0.25) is 14.6 Å². The highest BCUT2D eigenvalue weighted by Crippen LogP contribution is 2.24. The standard InChI is InChI=1S/C21H25ClN6O2/c22-17-14-25-21(28-8-1-2-9-28)26-18(17)20(30)27-10-5-16(6-11-27)19(29)24-13-15-4-3-7-23-12-15/h3-4,7,12,14,16H,1-2,5-6,8-11,13H2,(H,24,29). The number of nitrogens with one attached hydrogen (secondary N) is 1. The van der Waals surface area contributed by atoms with Crippen molar-refractivity contribution in [2.75, 3.05) is 31.1 Å². The molecular weight excluding hydrogens is 404 g/mol. The van der Waals surface area contributed by atoms with E-state index in [9.17, 15) is 9.59 Å². The highest BCUT2D eigenvalue weighted by Gasteiger charge is 2.30. The van der Waals surface area contributed by atoms with Crippen molar-refractivity contribution in [1.82, 2.24) is 25.2 Å². The normalized spacial score (nSPS) is 17.2. The molecule has 158 valence electrons. The van der Waals surface area contributed by atoms with Crippen molar-refractivity contribution in [3.8, 4) is 0 Å². The molecule has 8 nitrogen and oxygen atoms in total. The first-order valence-electron chi connectivity index (χ1n) is 10.3. The van der Waals surface area contributed by atoms with Crippen molar-refractivity contribution in [3.63, 3.8) is 0 Å². The smallest absolute Gasteiger partial charge is 0.274 e. The summed E-state index contributed by atoms with van der Waals surface area (Å²) >= 11 is 6.24. The van der Waals surface area contributed by atoms with Gasteiger partial charge in [0.25, 0.3) is 5.91 Å². The summed E-state index contributed by atoms with van der Waals surface area (Å²) in [7, 11) is 0. The van der Waals surface area contributed by atoms with Gasteiger partial charge in [0, 0.05) is 51.0 Å². The summed E-state index contributed by atoms with van der Waals surface area (Å²) in [5.41, 5.74) is 1.21. The number of hydrogen-bond donors (Lipinski definition) is 1. The summed E-state index contributed by atoms with van der Waals surface area (Å²) in [6.45, 7) is 3.26. The fourth-order valence-corrected chi connectivity index (χ4v) is 4.08. The maximum Gasteiger partial charge on any atom is 0.274 e. The van der Waals surface area contributed by atoms with Crippen LogP contribution in [0.25, 0.3) is 0 Å². The summed E-state index contributed by atoms with van der Waals surface area (Å²) in [6.07, 6.45) is 8.39. The Morgan fingerprint density at radius 2 is 1.90 bits per heavy atom. The molecule has 2 saturated heterocycles. The lowest BCUT2D eigenvalue weighted by Crippen LogP contribution is -2.43. The van der Waals surface area contributed by atoms with Crippen LogP contribution in [0.1, 0.15) is 41.7 Å². The molecule has 0 spiro atoms. The number of carbonyl (C=O) groups excluding carboxylic acids is 2. The number of carbonyl (C=O) groups is 2. The molecule has 9 heteroatoms. The van der Waals surface area contributed by atoms with E-state index >= 15 is 0 Å². The van der Waals surface area contributed by atoms with Crippen LogP contribution in [-0.4, -0.2) is 57.8 Å². The van der Waals surface area contributed by atoms with Gasteiger partial charge >= 0.3 is 0 Å². The van der Waals surface area contributed by atoms with Gasteiger partial charge in [0.05, 0.1) is 11.2 Å². The number of rotatable bonds is 5. The molecule has 0 atom stereocenters. The van der Waals surface area contributed by atoms with E-state index in [0.717, 1.165) is 31.5 Å². The lowest BCUT2D eigenvalue weighted by Gasteiger charge is -2.31. The summed E-state index contributed by atoms with van der Waals surface area (Å²) in [5, 5.41) is 3.23. The molecule has 2 aromatic rings. The average molecular weight is 429 g/mol. The van der Waals surface area contributed by atoms with Crippen molar-refractivity contribution in [2.45, 2.75) is 32.2 Å². The van der Waals surface area contributed by atoms with Gasteiger partial charge in [-0.25, -0.2) is 9.97 Å². The van der Waals surface area contributed by atoms with E-state index in [-0.39, 0.29) is 28.4 Å². The minimum atomic E-state index is -0.197. The summed E-state index contributed by atoms with van der Waals surface area (Å²) in [4.78, 5) is 42.1. The van der Waals surface area contributed by atoms with E-state index in [0.29, 0.717) is 38.4 Å². The number of halogens is 1. The molecule has 2 aliphatic rings. The largest absolute Gasteiger partial charge is 0.352 e. The minimum Gasteiger partial charge on any atom is -0.352 e. The van der Waals surface area contributed by atoms with Crippen LogP contribution in [0.15, 0.2) is 30.7 Å². The van der Waals surface area contributed by atoms with E-state index in [2.05, 4.69) is 25.2 Å². The van der Waals surface area contributed by atoms with Crippen LogP contribution in [0.4, 0.5) is 5.95 Å².